The molecule has 0 aliphatic rings. The molecule has 50 heavy (non-hydrogen) atoms. The molecular formula is C45H25N5. The molecule has 0 unspecified atom stereocenters. The second-order valence-corrected chi connectivity index (χ2v) is 12.3. The van der Waals surface area contributed by atoms with E-state index in [-0.39, 0.29) is 0 Å². The first-order valence-electron chi connectivity index (χ1n) is 16.3. The Morgan fingerprint density at radius 3 is 1.84 bits per heavy atom. The van der Waals surface area contributed by atoms with Crippen molar-refractivity contribution >= 4 is 49.3 Å². The maximum Gasteiger partial charge on any atom is 0.188 e. The summed E-state index contributed by atoms with van der Waals surface area (Å²) in [5.74, 6) is 0. The van der Waals surface area contributed by atoms with Gasteiger partial charge in [-0.05, 0) is 88.8 Å². The molecule has 0 bridgehead atoms. The van der Waals surface area contributed by atoms with Crippen LogP contribution in [0.5, 0.6) is 0 Å². The molecule has 5 nitrogen and oxygen atoms in total. The van der Waals surface area contributed by atoms with Gasteiger partial charge in [-0.3, -0.25) is 0 Å². The number of rotatable bonds is 4. The third-order valence-electron chi connectivity index (χ3n) is 9.60. The molecule has 9 rings (SSSR count). The van der Waals surface area contributed by atoms with Crippen molar-refractivity contribution in [1.82, 2.24) is 9.13 Å². The molecule has 230 valence electrons. The summed E-state index contributed by atoms with van der Waals surface area (Å²) in [4.78, 5) is 3.67. The van der Waals surface area contributed by atoms with Crippen LogP contribution in [0.4, 0.5) is 5.69 Å². The van der Waals surface area contributed by atoms with Crippen molar-refractivity contribution in [2.75, 3.05) is 0 Å². The summed E-state index contributed by atoms with van der Waals surface area (Å²) >= 11 is 0. The maximum atomic E-state index is 10.5. The molecule has 2 heterocycles. The maximum absolute atomic E-state index is 10.5. The largest absolute Gasteiger partial charge is 0.309 e. The van der Waals surface area contributed by atoms with Gasteiger partial charge in [-0.2, -0.15) is 10.5 Å². The Kier molecular flexibility index (Phi) is 6.56. The third kappa shape index (κ3) is 4.38. The lowest BCUT2D eigenvalue weighted by molar-refractivity contribution is 1.18. The minimum absolute atomic E-state index is 0.553. The Labute approximate surface area is 288 Å². The lowest BCUT2D eigenvalue weighted by Gasteiger charge is -2.15. The lowest BCUT2D eigenvalue weighted by Crippen LogP contribution is -1.98. The molecule has 0 amide bonds. The second-order valence-electron chi connectivity index (χ2n) is 12.3. The Balaban J connectivity index is 1.19. The molecule has 9 aromatic rings. The van der Waals surface area contributed by atoms with Gasteiger partial charge in [-0.1, -0.05) is 84.9 Å². The van der Waals surface area contributed by atoms with Crippen LogP contribution in [-0.4, -0.2) is 9.13 Å². The molecule has 0 radical (unpaired) electrons. The number of benzene rings is 7. The molecule has 0 aliphatic heterocycles. The van der Waals surface area contributed by atoms with Gasteiger partial charge in [0.05, 0.1) is 57.6 Å². The fraction of sp³-hybridized carbons (Fsp3) is 0. The molecule has 0 saturated carbocycles. The number of hydrogen-bond donors (Lipinski definition) is 0. The van der Waals surface area contributed by atoms with E-state index in [0.29, 0.717) is 16.8 Å². The Morgan fingerprint density at radius 2 is 1.12 bits per heavy atom. The zero-order valence-electron chi connectivity index (χ0n) is 26.7. The van der Waals surface area contributed by atoms with E-state index in [1.54, 1.807) is 0 Å². The average molecular weight is 636 g/mol. The number of aromatic nitrogens is 2. The van der Waals surface area contributed by atoms with Crippen LogP contribution in [0.15, 0.2) is 152 Å². The van der Waals surface area contributed by atoms with Crippen molar-refractivity contribution in [3.8, 4) is 45.8 Å². The van der Waals surface area contributed by atoms with E-state index in [0.717, 1.165) is 66.5 Å². The van der Waals surface area contributed by atoms with Crippen molar-refractivity contribution in [3.63, 3.8) is 0 Å². The second kappa shape index (κ2) is 11.4. The highest BCUT2D eigenvalue weighted by Crippen LogP contribution is 2.39. The summed E-state index contributed by atoms with van der Waals surface area (Å²) in [6.45, 7) is 7.60. The Hall–Kier alpha value is -7.39. The van der Waals surface area contributed by atoms with Crippen molar-refractivity contribution < 1.29 is 0 Å². The summed E-state index contributed by atoms with van der Waals surface area (Å²) in [6.07, 6.45) is 0. The topological polar surface area (TPSA) is 61.8 Å². The SMILES string of the molecule is [C-]#[N+]c1ccc2c(c1)c1cc(C#N)ccc1n2-c1ccccc1-c1cccc(-c2ccc(-n3c4ccccc4c4ccccc43)cc2C#N)c1. The first-order chi connectivity index (χ1) is 24.7. The van der Waals surface area contributed by atoms with Crippen LogP contribution in [0.3, 0.4) is 0 Å². The molecule has 0 aliphatic carbocycles. The van der Waals surface area contributed by atoms with Gasteiger partial charge in [0, 0.05) is 27.4 Å². The zero-order valence-corrected chi connectivity index (χ0v) is 26.7. The summed E-state index contributed by atoms with van der Waals surface area (Å²) in [5, 5.41) is 24.3. The number of para-hydroxylation sites is 3. The minimum atomic E-state index is 0.553. The molecular weight excluding hydrogens is 611 g/mol. The quantitative estimate of drug-likeness (QED) is 0.181. The van der Waals surface area contributed by atoms with Gasteiger partial charge in [0.2, 0.25) is 0 Å². The van der Waals surface area contributed by atoms with Gasteiger partial charge in [-0.25, -0.2) is 4.85 Å². The van der Waals surface area contributed by atoms with Crippen LogP contribution in [0.1, 0.15) is 11.1 Å². The van der Waals surface area contributed by atoms with Crippen LogP contribution < -0.4 is 0 Å². The Morgan fingerprint density at radius 1 is 0.480 bits per heavy atom. The van der Waals surface area contributed by atoms with E-state index in [1.807, 2.05) is 72.8 Å². The third-order valence-corrected chi connectivity index (χ3v) is 9.60. The van der Waals surface area contributed by atoms with Gasteiger partial charge < -0.3 is 9.13 Å². The molecule has 5 heteroatoms. The molecule has 0 saturated heterocycles. The Bertz CT molecular complexity index is 2850. The van der Waals surface area contributed by atoms with Crippen molar-refractivity contribution in [2.45, 2.75) is 0 Å². The predicted molar refractivity (Wildman–Crippen MR) is 202 cm³/mol. The fourth-order valence-corrected chi connectivity index (χ4v) is 7.39. The predicted octanol–water partition coefficient (Wildman–Crippen LogP) is 11.5. The van der Waals surface area contributed by atoms with E-state index in [4.69, 9.17) is 6.57 Å². The van der Waals surface area contributed by atoms with Crippen molar-refractivity contribution in [3.05, 3.63) is 174 Å². The highest BCUT2D eigenvalue weighted by Gasteiger charge is 2.18. The highest BCUT2D eigenvalue weighted by atomic mass is 15.0. The van der Waals surface area contributed by atoms with Gasteiger partial charge in [0.1, 0.15) is 0 Å². The first kappa shape index (κ1) is 28.8. The number of hydrogen-bond acceptors (Lipinski definition) is 2. The average Bonchev–Trinajstić information content (AvgIpc) is 3.69. The molecule has 2 aromatic heterocycles. The molecule has 0 N–H and O–H groups in total. The van der Waals surface area contributed by atoms with E-state index < -0.39 is 0 Å². The lowest BCUT2D eigenvalue weighted by atomic mass is 9.95. The van der Waals surface area contributed by atoms with Crippen LogP contribution in [0, 0.1) is 29.2 Å². The van der Waals surface area contributed by atoms with Crippen LogP contribution >= 0.6 is 0 Å². The number of nitriles is 2. The number of nitrogens with zero attached hydrogens (tertiary/aromatic N) is 5. The summed E-state index contributed by atoms with van der Waals surface area (Å²) in [6, 6.07) is 55.7. The standard InChI is InChI=1S/C45H25N5/c1-48-33-18-22-45-40(26-33)39-23-29(27-46)17-21-44(39)50(45)41-14-5-2-11-36(41)31-10-8-9-30(24-31)35-20-19-34(25-32(35)28-47)49-42-15-6-3-12-37(42)38-13-4-7-16-43(38)49/h2-26H. The van der Waals surface area contributed by atoms with Crippen molar-refractivity contribution in [2.24, 2.45) is 0 Å². The van der Waals surface area contributed by atoms with Crippen molar-refractivity contribution in [1.29, 1.82) is 10.5 Å². The van der Waals surface area contributed by atoms with E-state index in [1.165, 1.54) is 10.8 Å². The monoisotopic (exact) mass is 635 g/mol. The van der Waals surface area contributed by atoms with Crippen LogP contribution in [0.25, 0.3) is 82.1 Å². The van der Waals surface area contributed by atoms with E-state index in [9.17, 15) is 10.5 Å². The summed E-state index contributed by atoms with van der Waals surface area (Å²) in [7, 11) is 0. The normalized spacial score (nSPS) is 11.1. The van der Waals surface area contributed by atoms with Gasteiger partial charge >= 0.3 is 0 Å². The molecule has 0 spiro atoms. The number of fused-ring (bicyclic) bond motifs is 6. The first-order valence-corrected chi connectivity index (χ1v) is 16.3. The van der Waals surface area contributed by atoms with E-state index in [2.05, 4.69) is 105 Å². The van der Waals surface area contributed by atoms with Gasteiger partial charge in [-0.15, -0.1) is 0 Å². The highest BCUT2D eigenvalue weighted by molar-refractivity contribution is 6.11. The molecule has 7 aromatic carbocycles. The molecule has 0 atom stereocenters. The summed E-state index contributed by atoms with van der Waals surface area (Å²) in [5.41, 5.74) is 11.6. The molecule has 0 fully saturated rings. The fourth-order valence-electron chi connectivity index (χ4n) is 7.39. The summed E-state index contributed by atoms with van der Waals surface area (Å²) < 4.78 is 4.44. The van der Waals surface area contributed by atoms with Gasteiger partial charge in [0.25, 0.3) is 0 Å². The smallest absolute Gasteiger partial charge is 0.188 e. The van der Waals surface area contributed by atoms with E-state index >= 15 is 0 Å². The zero-order chi connectivity index (χ0) is 33.8. The van der Waals surface area contributed by atoms with Gasteiger partial charge in [0.15, 0.2) is 5.69 Å². The van der Waals surface area contributed by atoms with Crippen LogP contribution in [0.2, 0.25) is 0 Å². The minimum Gasteiger partial charge on any atom is -0.309 e. The van der Waals surface area contributed by atoms with Crippen LogP contribution in [-0.2, 0) is 0 Å².